The fourth-order valence-electron chi connectivity index (χ4n) is 0.854. The Bertz CT molecular complexity index is 194. The molecule has 0 rings (SSSR count). The molecule has 0 spiro atoms. The molecule has 0 radical (unpaired) electrons. The average molecular weight is 199 g/mol. The number of hydrogen-bond donors (Lipinski definition) is 0. The molecule has 3 heteroatoms. The van der Waals surface area contributed by atoms with E-state index in [1.165, 1.54) is 6.21 Å². The van der Waals surface area contributed by atoms with Crippen molar-refractivity contribution in [1.82, 2.24) is 0 Å². The average Bonchev–Trinajstić information content (AvgIpc) is 1.99. The maximum absolute atomic E-state index is 11.3. The van der Waals surface area contributed by atoms with Crippen molar-refractivity contribution in [2.45, 2.75) is 45.5 Å². The SMILES string of the molecule is CCN=CC(=O)CC(C)[Si](C)(C)C. The van der Waals surface area contributed by atoms with Crippen LogP contribution in [0.1, 0.15) is 20.3 Å². The number of hydrogen-bond acceptors (Lipinski definition) is 2. The molecule has 1 atom stereocenters. The summed E-state index contributed by atoms with van der Waals surface area (Å²) >= 11 is 0. The van der Waals surface area contributed by atoms with E-state index >= 15 is 0 Å². The van der Waals surface area contributed by atoms with E-state index in [0.717, 1.165) is 0 Å². The van der Waals surface area contributed by atoms with Crippen LogP contribution in [-0.4, -0.2) is 26.6 Å². The van der Waals surface area contributed by atoms with Gasteiger partial charge in [-0.05, 0) is 12.5 Å². The summed E-state index contributed by atoms with van der Waals surface area (Å²) in [6.07, 6.45) is 2.15. The first-order valence-electron chi connectivity index (χ1n) is 4.90. The molecule has 0 aromatic heterocycles. The Morgan fingerprint density at radius 2 is 2.00 bits per heavy atom. The van der Waals surface area contributed by atoms with E-state index in [4.69, 9.17) is 0 Å². The first kappa shape index (κ1) is 12.6. The van der Waals surface area contributed by atoms with Gasteiger partial charge in [-0.15, -0.1) is 0 Å². The van der Waals surface area contributed by atoms with Crippen molar-refractivity contribution < 1.29 is 4.79 Å². The summed E-state index contributed by atoms with van der Waals surface area (Å²) < 4.78 is 0. The second kappa shape index (κ2) is 5.32. The zero-order valence-corrected chi connectivity index (χ0v) is 10.4. The van der Waals surface area contributed by atoms with Gasteiger partial charge in [-0.1, -0.05) is 26.6 Å². The predicted molar refractivity (Wildman–Crippen MR) is 61.4 cm³/mol. The Morgan fingerprint density at radius 3 is 2.38 bits per heavy atom. The van der Waals surface area contributed by atoms with Gasteiger partial charge in [0.2, 0.25) is 0 Å². The van der Waals surface area contributed by atoms with Gasteiger partial charge in [0, 0.05) is 21.0 Å². The van der Waals surface area contributed by atoms with Gasteiger partial charge in [-0.2, -0.15) is 0 Å². The van der Waals surface area contributed by atoms with E-state index in [9.17, 15) is 4.79 Å². The monoisotopic (exact) mass is 199 g/mol. The third-order valence-electron chi connectivity index (χ3n) is 2.40. The van der Waals surface area contributed by atoms with Gasteiger partial charge in [0.05, 0.1) is 6.21 Å². The number of aliphatic imine (C=N–C) groups is 1. The molecule has 0 saturated carbocycles. The summed E-state index contributed by atoms with van der Waals surface area (Å²) in [5, 5.41) is 0. The first-order valence-corrected chi connectivity index (χ1v) is 8.48. The number of rotatable bonds is 5. The van der Waals surface area contributed by atoms with Crippen LogP contribution in [0.2, 0.25) is 25.2 Å². The molecule has 0 amide bonds. The van der Waals surface area contributed by atoms with Crippen LogP contribution >= 0.6 is 0 Å². The summed E-state index contributed by atoms with van der Waals surface area (Å²) in [6, 6.07) is 0. The lowest BCUT2D eigenvalue weighted by Gasteiger charge is -2.23. The van der Waals surface area contributed by atoms with Crippen LogP contribution in [0.5, 0.6) is 0 Å². The lowest BCUT2D eigenvalue weighted by molar-refractivity contribution is -0.112. The molecule has 0 N–H and O–H groups in total. The minimum Gasteiger partial charge on any atom is -0.293 e. The molecule has 0 fully saturated rings. The predicted octanol–water partition coefficient (Wildman–Crippen LogP) is 2.76. The van der Waals surface area contributed by atoms with Gasteiger partial charge in [0.1, 0.15) is 0 Å². The van der Waals surface area contributed by atoms with Gasteiger partial charge in [0.15, 0.2) is 5.78 Å². The molecule has 2 nitrogen and oxygen atoms in total. The number of carbonyl (C=O) groups is 1. The quantitative estimate of drug-likeness (QED) is 0.494. The van der Waals surface area contributed by atoms with E-state index in [2.05, 4.69) is 31.6 Å². The van der Waals surface area contributed by atoms with Crippen molar-refractivity contribution >= 4 is 20.1 Å². The number of nitrogens with zero attached hydrogens (tertiary/aromatic N) is 1. The van der Waals surface area contributed by atoms with E-state index in [1.807, 2.05) is 6.92 Å². The van der Waals surface area contributed by atoms with Crippen LogP contribution in [0.3, 0.4) is 0 Å². The molecular weight excluding hydrogens is 178 g/mol. The minimum absolute atomic E-state index is 0.178. The Kier molecular flexibility index (Phi) is 5.14. The van der Waals surface area contributed by atoms with Crippen LogP contribution in [0.4, 0.5) is 0 Å². The summed E-state index contributed by atoms with van der Waals surface area (Å²) in [5.74, 6) is 0.178. The molecule has 0 bridgehead atoms. The van der Waals surface area contributed by atoms with Gasteiger partial charge in [-0.25, -0.2) is 0 Å². The molecule has 0 heterocycles. The van der Waals surface area contributed by atoms with E-state index in [0.29, 0.717) is 18.5 Å². The molecule has 76 valence electrons. The Balaban J connectivity index is 4.00. The summed E-state index contributed by atoms with van der Waals surface area (Å²) in [5.41, 5.74) is 0.545. The summed E-state index contributed by atoms with van der Waals surface area (Å²) in [4.78, 5) is 15.3. The Morgan fingerprint density at radius 1 is 1.46 bits per heavy atom. The fourth-order valence-corrected chi connectivity index (χ4v) is 1.67. The third-order valence-corrected chi connectivity index (χ3v) is 5.56. The lowest BCUT2D eigenvalue weighted by atomic mass is 10.2. The summed E-state index contributed by atoms with van der Waals surface area (Å²) in [7, 11) is -1.15. The van der Waals surface area contributed by atoms with E-state index in [1.54, 1.807) is 0 Å². The van der Waals surface area contributed by atoms with Crippen LogP contribution in [0.15, 0.2) is 4.99 Å². The van der Waals surface area contributed by atoms with E-state index in [-0.39, 0.29) is 5.78 Å². The molecule has 0 aliphatic carbocycles. The number of ketones is 1. The molecule has 0 aliphatic heterocycles. The van der Waals surface area contributed by atoms with Crippen molar-refractivity contribution in [2.24, 2.45) is 4.99 Å². The minimum atomic E-state index is -1.15. The van der Waals surface area contributed by atoms with Crippen molar-refractivity contribution in [3.8, 4) is 0 Å². The molecule has 0 aromatic carbocycles. The van der Waals surface area contributed by atoms with Crippen LogP contribution < -0.4 is 0 Å². The van der Waals surface area contributed by atoms with Crippen molar-refractivity contribution in [1.29, 1.82) is 0 Å². The normalized spacial score (nSPS) is 14.8. The van der Waals surface area contributed by atoms with Crippen LogP contribution in [-0.2, 0) is 4.79 Å². The van der Waals surface area contributed by atoms with Gasteiger partial charge in [0.25, 0.3) is 0 Å². The number of Topliss-reactive ketones (excluding diaryl/α,β-unsaturated/α-hetero) is 1. The molecule has 0 aromatic rings. The highest BCUT2D eigenvalue weighted by molar-refractivity contribution is 6.77. The van der Waals surface area contributed by atoms with Crippen LogP contribution in [0.25, 0.3) is 0 Å². The van der Waals surface area contributed by atoms with Gasteiger partial charge < -0.3 is 0 Å². The van der Waals surface area contributed by atoms with Crippen LogP contribution in [0, 0.1) is 0 Å². The lowest BCUT2D eigenvalue weighted by Crippen LogP contribution is -2.28. The van der Waals surface area contributed by atoms with E-state index < -0.39 is 8.07 Å². The highest BCUT2D eigenvalue weighted by Gasteiger charge is 2.23. The largest absolute Gasteiger partial charge is 0.293 e. The van der Waals surface area contributed by atoms with Crippen molar-refractivity contribution in [3.63, 3.8) is 0 Å². The zero-order chi connectivity index (χ0) is 10.5. The second-order valence-electron chi connectivity index (χ2n) is 4.57. The Labute approximate surface area is 82.5 Å². The third kappa shape index (κ3) is 5.74. The Hall–Kier alpha value is -0.443. The first-order chi connectivity index (χ1) is 5.88. The maximum atomic E-state index is 11.3. The van der Waals surface area contributed by atoms with Crippen molar-refractivity contribution in [3.05, 3.63) is 0 Å². The zero-order valence-electron chi connectivity index (χ0n) is 9.42. The smallest absolute Gasteiger partial charge is 0.173 e. The fraction of sp³-hybridized carbons (Fsp3) is 0.800. The highest BCUT2D eigenvalue weighted by Crippen LogP contribution is 2.24. The maximum Gasteiger partial charge on any atom is 0.173 e. The molecule has 0 saturated heterocycles. The highest BCUT2D eigenvalue weighted by atomic mass is 28.3. The topological polar surface area (TPSA) is 29.4 Å². The molecule has 1 unspecified atom stereocenters. The molecule has 0 aliphatic rings. The van der Waals surface area contributed by atoms with Crippen molar-refractivity contribution in [2.75, 3.05) is 6.54 Å². The summed E-state index contributed by atoms with van der Waals surface area (Å²) in [6.45, 7) is 11.7. The second-order valence-corrected chi connectivity index (χ2v) is 10.3. The standard InChI is InChI=1S/C10H21NOSi/c1-6-11-8-10(12)7-9(2)13(3,4)5/h8-9H,6-7H2,1-5H3. The molecular formula is C10H21NOSi. The van der Waals surface area contributed by atoms with Gasteiger partial charge >= 0.3 is 0 Å². The molecule has 13 heavy (non-hydrogen) atoms. The van der Waals surface area contributed by atoms with Gasteiger partial charge in [-0.3, -0.25) is 9.79 Å². The number of carbonyl (C=O) groups excluding carboxylic acids is 1.